The van der Waals surface area contributed by atoms with Crippen LogP contribution in [0.25, 0.3) is 11.3 Å². The van der Waals surface area contributed by atoms with E-state index in [1.165, 1.54) is 10.0 Å². The van der Waals surface area contributed by atoms with Gasteiger partial charge >= 0.3 is 0 Å². The number of aromatic nitrogens is 1. The van der Waals surface area contributed by atoms with Crippen molar-refractivity contribution in [2.75, 3.05) is 20.3 Å². The fraction of sp³-hybridized carbons (Fsp3) is 0.238. The lowest BCUT2D eigenvalue weighted by atomic mass is 10.1. The maximum Gasteiger partial charge on any atom is 0.268 e. The number of benzene rings is 2. The second kappa shape index (κ2) is 7.33. The molecule has 146 valence electrons. The normalized spacial score (nSPS) is 13.5. The summed E-state index contributed by atoms with van der Waals surface area (Å²) in [4.78, 5) is 0.167. The molecule has 1 aliphatic rings. The van der Waals surface area contributed by atoms with Crippen LogP contribution in [-0.2, 0) is 16.6 Å². The van der Waals surface area contributed by atoms with Gasteiger partial charge in [-0.2, -0.15) is 0 Å². The molecule has 0 bridgehead atoms. The number of ether oxygens (including phenoxy) is 2. The molecule has 2 heterocycles. The second-order valence-electron chi connectivity index (χ2n) is 6.63. The van der Waals surface area contributed by atoms with E-state index in [4.69, 9.17) is 9.47 Å². The molecule has 0 amide bonds. The standard InChI is InChI=1S/C21H22N2O4S/c1-15-17(13-22-2)14-23(21(15)16-6-4-3-5-7-16)28(24,25)18-8-9-19-20(12-18)27-11-10-26-19/h3-9,12,14,22H,10-11,13H2,1-2H3. The largest absolute Gasteiger partial charge is 0.486 e. The zero-order valence-electron chi connectivity index (χ0n) is 15.8. The van der Waals surface area contributed by atoms with Crippen LogP contribution in [0.15, 0.2) is 59.6 Å². The van der Waals surface area contributed by atoms with Gasteiger partial charge in [0.05, 0.1) is 10.6 Å². The molecule has 28 heavy (non-hydrogen) atoms. The lowest BCUT2D eigenvalue weighted by Crippen LogP contribution is -2.17. The van der Waals surface area contributed by atoms with Crippen molar-refractivity contribution in [1.29, 1.82) is 0 Å². The van der Waals surface area contributed by atoms with Gasteiger partial charge in [-0.1, -0.05) is 30.3 Å². The number of nitrogens with zero attached hydrogens (tertiary/aromatic N) is 1. The van der Waals surface area contributed by atoms with Crippen molar-refractivity contribution >= 4 is 10.0 Å². The van der Waals surface area contributed by atoms with E-state index in [0.29, 0.717) is 37.0 Å². The van der Waals surface area contributed by atoms with Crippen LogP contribution < -0.4 is 14.8 Å². The van der Waals surface area contributed by atoms with Crippen molar-refractivity contribution in [3.8, 4) is 22.8 Å². The molecule has 2 aromatic carbocycles. The Labute approximate surface area is 164 Å². The Hall–Kier alpha value is -2.77. The first-order valence-corrected chi connectivity index (χ1v) is 10.5. The first-order valence-electron chi connectivity index (χ1n) is 9.08. The third-order valence-corrected chi connectivity index (χ3v) is 6.47. The highest BCUT2D eigenvalue weighted by molar-refractivity contribution is 7.90. The Bertz CT molecular complexity index is 1100. The number of rotatable bonds is 5. The SMILES string of the molecule is CNCc1cn(S(=O)(=O)c2ccc3c(c2)OCCO3)c(-c2ccccc2)c1C. The monoisotopic (exact) mass is 398 g/mol. The first-order chi connectivity index (χ1) is 13.5. The average Bonchev–Trinajstić information content (AvgIpc) is 3.05. The highest BCUT2D eigenvalue weighted by Gasteiger charge is 2.26. The third-order valence-electron chi connectivity index (χ3n) is 4.82. The highest BCUT2D eigenvalue weighted by atomic mass is 32.2. The van der Waals surface area contributed by atoms with E-state index in [1.54, 1.807) is 18.3 Å². The molecule has 1 N–H and O–H groups in total. The van der Waals surface area contributed by atoms with Crippen LogP contribution in [0, 0.1) is 6.92 Å². The van der Waals surface area contributed by atoms with Gasteiger partial charge in [0, 0.05) is 18.8 Å². The van der Waals surface area contributed by atoms with Crippen molar-refractivity contribution in [2.24, 2.45) is 0 Å². The Morgan fingerprint density at radius 3 is 2.46 bits per heavy atom. The van der Waals surface area contributed by atoms with Gasteiger partial charge < -0.3 is 14.8 Å². The van der Waals surface area contributed by atoms with Crippen LogP contribution in [-0.4, -0.2) is 32.7 Å². The fourth-order valence-corrected chi connectivity index (χ4v) is 4.89. The van der Waals surface area contributed by atoms with Gasteiger partial charge in [0.1, 0.15) is 13.2 Å². The molecule has 1 aliphatic heterocycles. The van der Waals surface area contributed by atoms with Crippen LogP contribution >= 0.6 is 0 Å². The molecule has 6 nitrogen and oxygen atoms in total. The summed E-state index contributed by atoms with van der Waals surface area (Å²) >= 11 is 0. The molecule has 0 aliphatic carbocycles. The van der Waals surface area contributed by atoms with Crippen LogP contribution in [0.2, 0.25) is 0 Å². The van der Waals surface area contributed by atoms with Crippen LogP contribution in [0.4, 0.5) is 0 Å². The van der Waals surface area contributed by atoms with Crippen LogP contribution in [0.3, 0.4) is 0 Å². The van der Waals surface area contributed by atoms with E-state index < -0.39 is 10.0 Å². The topological polar surface area (TPSA) is 69.6 Å². The quantitative estimate of drug-likeness (QED) is 0.715. The Morgan fingerprint density at radius 1 is 1.04 bits per heavy atom. The summed E-state index contributed by atoms with van der Waals surface area (Å²) in [6.07, 6.45) is 1.69. The number of fused-ring (bicyclic) bond motifs is 1. The molecule has 0 saturated heterocycles. The van der Waals surface area contributed by atoms with Gasteiger partial charge in [-0.3, -0.25) is 0 Å². The van der Waals surface area contributed by atoms with Gasteiger partial charge in [-0.25, -0.2) is 12.4 Å². The average molecular weight is 398 g/mol. The molecule has 0 radical (unpaired) electrons. The van der Waals surface area contributed by atoms with Gasteiger partial charge in [-0.15, -0.1) is 0 Å². The summed E-state index contributed by atoms with van der Waals surface area (Å²) in [6, 6.07) is 14.3. The minimum Gasteiger partial charge on any atom is -0.486 e. The maximum absolute atomic E-state index is 13.5. The van der Waals surface area contributed by atoms with Crippen LogP contribution in [0.5, 0.6) is 11.5 Å². The predicted octanol–water partition coefficient (Wildman–Crippen LogP) is 3.19. The molecule has 7 heteroatoms. The van der Waals surface area contributed by atoms with E-state index >= 15 is 0 Å². The van der Waals surface area contributed by atoms with E-state index in [0.717, 1.165) is 16.7 Å². The molecule has 0 fully saturated rings. The molecule has 0 spiro atoms. The van der Waals surface area contributed by atoms with E-state index in [1.807, 2.05) is 44.3 Å². The Kier molecular flexibility index (Phi) is 4.87. The molecule has 0 atom stereocenters. The van der Waals surface area contributed by atoms with Gasteiger partial charge in [0.2, 0.25) is 0 Å². The third kappa shape index (κ3) is 3.16. The Balaban J connectivity index is 1.89. The van der Waals surface area contributed by atoms with E-state index in [9.17, 15) is 8.42 Å². The minimum absolute atomic E-state index is 0.167. The van der Waals surface area contributed by atoms with Crippen molar-refractivity contribution in [1.82, 2.24) is 9.29 Å². The maximum atomic E-state index is 13.5. The van der Waals surface area contributed by atoms with Crippen molar-refractivity contribution < 1.29 is 17.9 Å². The van der Waals surface area contributed by atoms with Crippen molar-refractivity contribution in [2.45, 2.75) is 18.4 Å². The summed E-state index contributed by atoms with van der Waals surface area (Å²) in [7, 11) is -1.98. The van der Waals surface area contributed by atoms with E-state index in [2.05, 4.69) is 5.32 Å². The van der Waals surface area contributed by atoms with Gasteiger partial charge in [0.25, 0.3) is 10.0 Å². The molecular formula is C21H22N2O4S. The summed E-state index contributed by atoms with van der Waals surface area (Å²) in [5.41, 5.74) is 3.38. The number of hydrogen-bond acceptors (Lipinski definition) is 5. The molecule has 3 aromatic rings. The van der Waals surface area contributed by atoms with E-state index in [-0.39, 0.29) is 4.90 Å². The fourth-order valence-electron chi connectivity index (χ4n) is 3.42. The molecule has 0 saturated carbocycles. The first kappa shape index (κ1) is 18.6. The van der Waals surface area contributed by atoms with Gasteiger partial charge in [-0.05, 0) is 42.8 Å². The smallest absolute Gasteiger partial charge is 0.268 e. The summed E-state index contributed by atoms with van der Waals surface area (Å²) in [6.45, 7) is 3.39. The summed E-state index contributed by atoms with van der Waals surface area (Å²) in [5, 5.41) is 3.10. The molecule has 1 aromatic heterocycles. The zero-order chi connectivity index (χ0) is 19.7. The zero-order valence-corrected chi connectivity index (χ0v) is 16.6. The molecular weight excluding hydrogens is 376 g/mol. The lowest BCUT2D eigenvalue weighted by Gasteiger charge is -2.19. The molecule has 0 unspecified atom stereocenters. The second-order valence-corrected chi connectivity index (χ2v) is 8.45. The molecule has 4 rings (SSSR count). The Morgan fingerprint density at radius 2 is 1.75 bits per heavy atom. The minimum atomic E-state index is -3.82. The lowest BCUT2D eigenvalue weighted by molar-refractivity contribution is 0.171. The highest BCUT2D eigenvalue weighted by Crippen LogP contribution is 2.35. The van der Waals surface area contributed by atoms with Crippen molar-refractivity contribution in [3.05, 3.63) is 65.9 Å². The number of hydrogen-bond donors (Lipinski definition) is 1. The predicted molar refractivity (Wildman–Crippen MR) is 107 cm³/mol. The van der Waals surface area contributed by atoms with Crippen molar-refractivity contribution in [3.63, 3.8) is 0 Å². The number of nitrogens with one attached hydrogen (secondary N) is 1. The summed E-state index contributed by atoms with van der Waals surface area (Å²) < 4.78 is 39.5. The van der Waals surface area contributed by atoms with Gasteiger partial charge in [0.15, 0.2) is 11.5 Å². The van der Waals surface area contributed by atoms with Crippen LogP contribution in [0.1, 0.15) is 11.1 Å². The summed E-state index contributed by atoms with van der Waals surface area (Å²) in [5.74, 6) is 1.01.